The van der Waals surface area contributed by atoms with Gasteiger partial charge < -0.3 is 11.1 Å². The largest absolute Gasteiger partial charge is 0.385 e. The lowest BCUT2D eigenvalue weighted by Crippen LogP contribution is -2.27. The van der Waals surface area contributed by atoms with Gasteiger partial charge in [-0.15, -0.1) is 0 Å². The first-order valence-electron chi connectivity index (χ1n) is 6.13. The first kappa shape index (κ1) is 11.9. The van der Waals surface area contributed by atoms with Crippen molar-refractivity contribution in [2.24, 2.45) is 12.8 Å². The highest BCUT2D eigenvalue weighted by Gasteiger charge is 2.04. The zero-order chi connectivity index (χ0) is 12.1. The van der Waals surface area contributed by atoms with Gasteiger partial charge in [-0.25, -0.2) is 4.57 Å². The molecule has 0 atom stereocenters. The lowest BCUT2D eigenvalue weighted by Gasteiger charge is -2.06. The summed E-state index contributed by atoms with van der Waals surface area (Å²) in [6, 6.07) is 10.7. The van der Waals surface area contributed by atoms with Gasteiger partial charge in [0, 0.05) is 29.8 Å². The van der Waals surface area contributed by atoms with Crippen LogP contribution in [-0.2, 0) is 7.05 Å². The maximum atomic E-state index is 5.47. The molecule has 2 aromatic rings. The van der Waals surface area contributed by atoms with Gasteiger partial charge in [0.2, 0.25) is 5.52 Å². The molecule has 0 spiro atoms. The lowest BCUT2D eigenvalue weighted by atomic mass is 10.2. The van der Waals surface area contributed by atoms with Crippen molar-refractivity contribution in [2.45, 2.75) is 12.8 Å². The number of hydrogen-bond acceptors (Lipinski definition) is 2. The summed E-state index contributed by atoms with van der Waals surface area (Å²) >= 11 is 0. The molecule has 0 aliphatic rings. The normalized spacial score (nSPS) is 10.7. The Balaban J connectivity index is 2.11. The molecule has 3 heteroatoms. The molecule has 0 bridgehead atoms. The zero-order valence-corrected chi connectivity index (χ0v) is 10.3. The van der Waals surface area contributed by atoms with E-state index in [0.717, 1.165) is 25.9 Å². The Labute approximate surface area is 102 Å². The third kappa shape index (κ3) is 2.94. The fraction of sp³-hybridized carbons (Fsp3) is 0.357. The van der Waals surface area contributed by atoms with E-state index in [-0.39, 0.29) is 0 Å². The third-order valence-corrected chi connectivity index (χ3v) is 2.96. The standard InChI is InChI=1S/C14H19N3/c1-17-10-4-5-12-6-7-13(11-14(12)17)16-9-3-2-8-15/h4-7,10-11H,2-3,8-9,15H2,1H3/p+1. The summed E-state index contributed by atoms with van der Waals surface area (Å²) in [5.41, 5.74) is 7.89. The van der Waals surface area contributed by atoms with E-state index >= 15 is 0 Å². The van der Waals surface area contributed by atoms with Crippen molar-refractivity contribution in [1.82, 2.24) is 0 Å². The summed E-state index contributed by atoms with van der Waals surface area (Å²) in [7, 11) is 2.07. The summed E-state index contributed by atoms with van der Waals surface area (Å²) in [5, 5.41) is 4.70. The number of fused-ring (bicyclic) bond motifs is 1. The molecule has 0 unspecified atom stereocenters. The van der Waals surface area contributed by atoms with Crippen molar-refractivity contribution in [2.75, 3.05) is 18.4 Å². The molecule has 0 fully saturated rings. The van der Waals surface area contributed by atoms with Crippen molar-refractivity contribution in [3.8, 4) is 0 Å². The molecule has 1 aromatic heterocycles. The smallest absolute Gasteiger partial charge is 0.214 e. The van der Waals surface area contributed by atoms with Crippen molar-refractivity contribution < 1.29 is 4.57 Å². The Morgan fingerprint density at radius 1 is 1.24 bits per heavy atom. The maximum absolute atomic E-state index is 5.47. The number of hydrogen-bond donors (Lipinski definition) is 2. The minimum atomic E-state index is 0.772. The first-order valence-corrected chi connectivity index (χ1v) is 6.13. The summed E-state index contributed by atoms with van der Waals surface area (Å²) in [6.07, 6.45) is 4.27. The van der Waals surface area contributed by atoms with E-state index in [4.69, 9.17) is 5.73 Å². The number of nitrogens with one attached hydrogen (secondary N) is 1. The first-order chi connectivity index (χ1) is 8.31. The molecule has 17 heavy (non-hydrogen) atoms. The van der Waals surface area contributed by atoms with Crippen molar-refractivity contribution >= 4 is 16.6 Å². The highest BCUT2D eigenvalue weighted by molar-refractivity contribution is 5.79. The number of rotatable bonds is 5. The molecular weight excluding hydrogens is 210 g/mol. The molecular formula is C14H20N3+. The third-order valence-electron chi connectivity index (χ3n) is 2.96. The fourth-order valence-electron chi connectivity index (χ4n) is 1.96. The molecule has 0 aliphatic carbocycles. The highest BCUT2D eigenvalue weighted by atomic mass is 14.9. The Kier molecular flexibility index (Phi) is 3.94. The number of nitrogens with two attached hydrogens (primary N) is 1. The van der Waals surface area contributed by atoms with Gasteiger partial charge in [-0.05, 0) is 37.6 Å². The fourth-order valence-corrected chi connectivity index (χ4v) is 1.96. The van der Waals surface area contributed by atoms with Crippen LogP contribution in [0.15, 0.2) is 36.5 Å². The number of nitrogens with zero attached hydrogens (tertiary/aromatic N) is 1. The van der Waals surface area contributed by atoms with Crippen LogP contribution in [0.1, 0.15) is 12.8 Å². The molecule has 0 amide bonds. The van der Waals surface area contributed by atoms with Crippen LogP contribution in [0.4, 0.5) is 5.69 Å². The van der Waals surface area contributed by atoms with E-state index in [2.05, 4.69) is 53.5 Å². The summed E-state index contributed by atoms with van der Waals surface area (Å²) in [6.45, 7) is 1.76. The van der Waals surface area contributed by atoms with Crippen molar-refractivity contribution in [3.63, 3.8) is 0 Å². The Bertz CT molecular complexity index is 494. The van der Waals surface area contributed by atoms with E-state index in [9.17, 15) is 0 Å². The molecule has 90 valence electrons. The molecule has 3 N–H and O–H groups in total. The number of aryl methyl sites for hydroxylation is 1. The predicted octanol–water partition coefficient (Wildman–Crippen LogP) is 1.82. The average molecular weight is 230 g/mol. The van der Waals surface area contributed by atoms with Gasteiger partial charge in [0.1, 0.15) is 7.05 Å². The second-order valence-corrected chi connectivity index (χ2v) is 4.32. The average Bonchev–Trinajstić information content (AvgIpc) is 2.36. The zero-order valence-electron chi connectivity index (χ0n) is 10.3. The van der Waals surface area contributed by atoms with Gasteiger partial charge in [0.25, 0.3) is 0 Å². The van der Waals surface area contributed by atoms with Crippen molar-refractivity contribution in [3.05, 3.63) is 36.5 Å². The Morgan fingerprint density at radius 3 is 2.94 bits per heavy atom. The van der Waals surface area contributed by atoms with Crippen LogP contribution in [0.5, 0.6) is 0 Å². The molecule has 0 saturated carbocycles. The number of benzene rings is 1. The van der Waals surface area contributed by atoms with Crippen LogP contribution < -0.4 is 15.6 Å². The van der Waals surface area contributed by atoms with Crippen LogP contribution in [0.25, 0.3) is 10.9 Å². The maximum Gasteiger partial charge on any atom is 0.214 e. The van der Waals surface area contributed by atoms with Gasteiger partial charge in [0.15, 0.2) is 6.20 Å². The number of aromatic nitrogens is 1. The van der Waals surface area contributed by atoms with E-state index in [1.54, 1.807) is 0 Å². The minimum absolute atomic E-state index is 0.772. The van der Waals surface area contributed by atoms with E-state index in [0.29, 0.717) is 0 Å². The van der Waals surface area contributed by atoms with E-state index in [1.165, 1.54) is 16.6 Å². The highest BCUT2D eigenvalue weighted by Crippen LogP contribution is 2.15. The lowest BCUT2D eigenvalue weighted by molar-refractivity contribution is -0.644. The predicted molar refractivity (Wildman–Crippen MR) is 71.9 cm³/mol. The number of anilines is 1. The molecule has 1 aromatic carbocycles. The summed E-state index contributed by atoms with van der Waals surface area (Å²) in [4.78, 5) is 0. The summed E-state index contributed by atoms with van der Waals surface area (Å²) < 4.78 is 2.14. The Morgan fingerprint density at radius 2 is 2.12 bits per heavy atom. The second-order valence-electron chi connectivity index (χ2n) is 4.32. The summed E-state index contributed by atoms with van der Waals surface area (Å²) in [5.74, 6) is 0. The molecule has 0 radical (unpaired) electrons. The molecule has 0 saturated heterocycles. The van der Waals surface area contributed by atoms with Gasteiger partial charge in [-0.2, -0.15) is 0 Å². The minimum Gasteiger partial charge on any atom is -0.385 e. The molecule has 1 heterocycles. The second kappa shape index (κ2) is 5.64. The number of pyridine rings is 1. The van der Waals surface area contributed by atoms with Crippen LogP contribution >= 0.6 is 0 Å². The van der Waals surface area contributed by atoms with Crippen LogP contribution in [0, 0.1) is 0 Å². The van der Waals surface area contributed by atoms with Gasteiger partial charge in [-0.1, -0.05) is 0 Å². The van der Waals surface area contributed by atoms with E-state index in [1.807, 2.05) is 0 Å². The van der Waals surface area contributed by atoms with Crippen molar-refractivity contribution in [1.29, 1.82) is 0 Å². The SMILES string of the molecule is C[n+]1cccc2ccc(NCCCCN)cc21. The Hall–Kier alpha value is -1.61. The molecule has 0 aliphatic heterocycles. The quantitative estimate of drug-likeness (QED) is 0.607. The van der Waals surface area contributed by atoms with Crippen LogP contribution in [0.3, 0.4) is 0 Å². The van der Waals surface area contributed by atoms with Gasteiger partial charge >= 0.3 is 0 Å². The van der Waals surface area contributed by atoms with Gasteiger partial charge in [-0.3, -0.25) is 0 Å². The monoisotopic (exact) mass is 230 g/mol. The van der Waals surface area contributed by atoms with Crippen LogP contribution in [0.2, 0.25) is 0 Å². The molecule has 2 rings (SSSR count). The topological polar surface area (TPSA) is 41.9 Å². The van der Waals surface area contributed by atoms with Gasteiger partial charge in [0.05, 0.1) is 0 Å². The van der Waals surface area contributed by atoms with E-state index < -0.39 is 0 Å². The molecule has 3 nitrogen and oxygen atoms in total. The number of unbranched alkanes of at least 4 members (excludes halogenated alkanes) is 1. The van der Waals surface area contributed by atoms with Crippen LogP contribution in [-0.4, -0.2) is 13.1 Å².